The van der Waals surface area contributed by atoms with Crippen molar-refractivity contribution in [1.82, 2.24) is 0 Å². The van der Waals surface area contributed by atoms with E-state index in [0.29, 0.717) is 12.0 Å². The Morgan fingerprint density at radius 2 is 1.94 bits per heavy atom. The van der Waals surface area contributed by atoms with E-state index in [9.17, 15) is 4.79 Å². The van der Waals surface area contributed by atoms with Crippen LogP contribution < -0.4 is 4.90 Å². The van der Waals surface area contributed by atoms with Gasteiger partial charge in [-0.15, -0.1) is 0 Å². The second-order valence-electron chi connectivity index (χ2n) is 5.26. The largest absolute Gasteiger partial charge is 0.368 e. The van der Waals surface area contributed by atoms with Crippen LogP contribution in [0.2, 0.25) is 0 Å². The maximum absolute atomic E-state index is 11.7. The normalized spacial score (nSPS) is 24.8. The average molecular weight is 231 g/mol. The zero-order valence-electron chi connectivity index (χ0n) is 10.9. The van der Waals surface area contributed by atoms with Crippen molar-refractivity contribution in [2.75, 3.05) is 11.4 Å². The molecule has 17 heavy (non-hydrogen) atoms. The molecule has 1 heterocycles. The van der Waals surface area contributed by atoms with Crippen LogP contribution in [0.3, 0.4) is 0 Å². The van der Waals surface area contributed by atoms with E-state index < -0.39 is 0 Å². The van der Waals surface area contributed by atoms with Crippen LogP contribution in [0.25, 0.3) is 0 Å². The Hall–Kier alpha value is -1.31. The highest BCUT2D eigenvalue weighted by Gasteiger charge is 2.25. The van der Waals surface area contributed by atoms with Crippen LogP contribution in [-0.2, 0) is 0 Å². The van der Waals surface area contributed by atoms with E-state index in [1.54, 1.807) is 6.92 Å². The first kappa shape index (κ1) is 12.2. The van der Waals surface area contributed by atoms with Gasteiger partial charge < -0.3 is 4.90 Å². The second-order valence-corrected chi connectivity index (χ2v) is 5.26. The molecule has 2 heteroatoms. The number of hydrogen-bond acceptors (Lipinski definition) is 2. The Kier molecular flexibility index (Phi) is 3.51. The lowest BCUT2D eigenvalue weighted by Gasteiger charge is -2.39. The number of rotatable bonds is 2. The smallest absolute Gasteiger partial charge is 0.161 e. The summed E-state index contributed by atoms with van der Waals surface area (Å²) in [6.07, 6.45) is 2.51. The Bertz CT molecular complexity index is 413. The molecule has 2 atom stereocenters. The standard InChI is InChI=1S/C15H21NO/c1-11-8-9-12(2)16(10-11)15-7-5-4-6-14(15)13(3)17/h4-7,11-12H,8-10H2,1-3H3. The maximum Gasteiger partial charge on any atom is 0.161 e. The SMILES string of the molecule is CC(=O)c1ccccc1N1CC(C)CCC1C. The predicted molar refractivity (Wildman–Crippen MR) is 71.7 cm³/mol. The minimum atomic E-state index is 0.158. The van der Waals surface area contributed by atoms with Gasteiger partial charge in [0.05, 0.1) is 0 Å². The van der Waals surface area contributed by atoms with Crippen molar-refractivity contribution in [2.45, 2.75) is 39.7 Å². The first-order valence-electron chi connectivity index (χ1n) is 6.46. The fraction of sp³-hybridized carbons (Fsp3) is 0.533. The molecule has 2 unspecified atom stereocenters. The van der Waals surface area contributed by atoms with Crippen LogP contribution in [0, 0.1) is 5.92 Å². The Morgan fingerprint density at radius 1 is 1.24 bits per heavy atom. The number of carbonyl (C=O) groups excluding carboxylic acids is 1. The van der Waals surface area contributed by atoms with Crippen LogP contribution in [0.1, 0.15) is 44.0 Å². The first-order chi connectivity index (χ1) is 8.09. The number of ketones is 1. The molecule has 0 aliphatic carbocycles. The van der Waals surface area contributed by atoms with Crippen molar-refractivity contribution in [3.63, 3.8) is 0 Å². The number of hydrogen-bond donors (Lipinski definition) is 0. The van der Waals surface area contributed by atoms with Crippen LogP contribution in [0.4, 0.5) is 5.69 Å². The zero-order valence-corrected chi connectivity index (χ0v) is 10.9. The molecule has 0 amide bonds. The fourth-order valence-electron chi connectivity index (χ4n) is 2.65. The zero-order chi connectivity index (χ0) is 12.4. The van der Waals surface area contributed by atoms with Gasteiger partial charge in [0, 0.05) is 23.8 Å². The highest BCUT2D eigenvalue weighted by molar-refractivity contribution is 5.99. The molecule has 1 fully saturated rings. The minimum Gasteiger partial charge on any atom is -0.368 e. The molecular weight excluding hydrogens is 210 g/mol. The summed E-state index contributed by atoms with van der Waals surface area (Å²) >= 11 is 0. The van der Waals surface area contributed by atoms with Gasteiger partial charge in [0.1, 0.15) is 0 Å². The van der Waals surface area contributed by atoms with Gasteiger partial charge in [-0.3, -0.25) is 4.79 Å². The van der Waals surface area contributed by atoms with Gasteiger partial charge in [0.25, 0.3) is 0 Å². The second kappa shape index (κ2) is 4.91. The van der Waals surface area contributed by atoms with Gasteiger partial charge in [-0.2, -0.15) is 0 Å². The molecule has 1 saturated heterocycles. The third kappa shape index (κ3) is 2.51. The first-order valence-corrected chi connectivity index (χ1v) is 6.46. The van der Waals surface area contributed by atoms with Crippen LogP contribution >= 0.6 is 0 Å². The van der Waals surface area contributed by atoms with Crippen molar-refractivity contribution in [2.24, 2.45) is 5.92 Å². The third-order valence-electron chi connectivity index (χ3n) is 3.71. The highest BCUT2D eigenvalue weighted by Crippen LogP contribution is 2.30. The summed E-state index contributed by atoms with van der Waals surface area (Å²) in [6.45, 7) is 7.25. The molecule has 0 saturated carbocycles. The van der Waals surface area contributed by atoms with Crippen molar-refractivity contribution < 1.29 is 4.79 Å². The summed E-state index contributed by atoms with van der Waals surface area (Å²) in [5, 5.41) is 0. The molecule has 2 rings (SSSR count). The van der Waals surface area contributed by atoms with Crippen molar-refractivity contribution >= 4 is 11.5 Å². The number of para-hydroxylation sites is 1. The Balaban J connectivity index is 2.35. The van der Waals surface area contributed by atoms with Crippen LogP contribution in [0.15, 0.2) is 24.3 Å². The van der Waals surface area contributed by atoms with E-state index in [0.717, 1.165) is 17.8 Å². The van der Waals surface area contributed by atoms with Gasteiger partial charge in [-0.05, 0) is 44.7 Å². The monoisotopic (exact) mass is 231 g/mol. The van der Waals surface area contributed by atoms with E-state index in [1.165, 1.54) is 12.8 Å². The van der Waals surface area contributed by atoms with Crippen LogP contribution in [0.5, 0.6) is 0 Å². The average Bonchev–Trinajstić information content (AvgIpc) is 2.32. The summed E-state index contributed by atoms with van der Waals surface area (Å²) in [5.41, 5.74) is 1.97. The lowest BCUT2D eigenvalue weighted by Crippen LogP contribution is -2.41. The molecule has 1 aromatic rings. The number of nitrogens with zero attached hydrogens (tertiary/aromatic N) is 1. The molecule has 0 aromatic heterocycles. The summed E-state index contributed by atoms with van der Waals surface area (Å²) in [4.78, 5) is 14.1. The topological polar surface area (TPSA) is 20.3 Å². The summed E-state index contributed by atoms with van der Waals surface area (Å²) in [5.74, 6) is 0.872. The quantitative estimate of drug-likeness (QED) is 0.726. The van der Waals surface area contributed by atoms with Crippen molar-refractivity contribution in [3.8, 4) is 0 Å². The number of Topliss-reactive ketones (excluding diaryl/α,β-unsaturated/α-hetero) is 1. The van der Waals surface area contributed by atoms with E-state index in [2.05, 4.69) is 24.8 Å². The molecule has 1 aliphatic rings. The van der Waals surface area contributed by atoms with Gasteiger partial charge in [0.2, 0.25) is 0 Å². The predicted octanol–water partition coefficient (Wildman–Crippen LogP) is 3.51. The minimum absolute atomic E-state index is 0.158. The number of benzene rings is 1. The lowest BCUT2D eigenvalue weighted by molar-refractivity contribution is 0.101. The molecule has 0 spiro atoms. The molecule has 0 bridgehead atoms. The Morgan fingerprint density at radius 3 is 2.65 bits per heavy atom. The molecule has 1 aromatic carbocycles. The molecule has 0 radical (unpaired) electrons. The van der Waals surface area contributed by atoms with Gasteiger partial charge in [0.15, 0.2) is 5.78 Å². The molecule has 1 aliphatic heterocycles. The molecule has 0 N–H and O–H groups in total. The molecule has 92 valence electrons. The van der Waals surface area contributed by atoms with Crippen LogP contribution in [-0.4, -0.2) is 18.4 Å². The molecule has 2 nitrogen and oxygen atoms in total. The number of carbonyl (C=O) groups is 1. The van der Waals surface area contributed by atoms with E-state index in [1.807, 2.05) is 18.2 Å². The van der Waals surface area contributed by atoms with E-state index >= 15 is 0 Å². The van der Waals surface area contributed by atoms with Crippen molar-refractivity contribution in [1.29, 1.82) is 0 Å². The number of anilines is 1. The third-order valence-corrected chi connectivity index (χ3v) is 3.71. The van der Waals surface area contributed by atoms with E-state index in [-0.39, 0.29) is 5.78 Å². The van der Waals surface area contributed by atoms with E-state index in [4.69, 9.17) is 0 Å². The fourth-order valence-corrected chi connectivity index (χ4v) is 2.65. The summed E-state index contributed by atoms with van der Waals surface area (Å²) in [7, 11) is 0. The lowest BCUT2D eigenvalue weighted by atomic mass is 9.93. The van der Waals surface area contributed by atoms with Crippen molar-refractivity contribution in [3.05, 3.63) is 29.8 Å². The summed E-state index contributed by atoms with van der Waals surface area (Å²) in [6, 6.07) is 8.51. The highest BCUT2D eigenvalue weighted by atomic mass is 16.1. The van der Waals surface area contributed by atoms with Gasteiger partial charge in [-0.25, -0.2) is 0 Å². The number of piperidine rings is 1. The van der Waals surface area contributed by atoms with Gasteiger partial charge >= 0.3 is 0 Å². The summed E-state index contributed by atoms with van der Waals surface area (Å²) < 4.78 is 0. The Labute approximate surface area is 104 Å². The van der Waals surface area contributed by atoms with Gasteiger partial charge in [-0.1, -0.05) is 19.1 Å². The molecular formula is C15H21NO. The maximum atomic E-state index is 11.7.